The zero-order chi connectivity index (χ0) is 13.1. The van der Waals surface area contributed by atoms with Gasteiger partial charge in [-0.25, -0.2) is 4.68 Å². The summed E-state index contributed by atoms with van der Waals surface area (Å²) in [6.07, 6.45) is 3.24. The first-order valence-corrected chi connectivity index (χ1v) is 5.96. The second-order valence-electron chi connectivity index (χ2n) is 4.19. The van der Waals surface area contributed by atoms with Crippen molar-refractivity contribution in [3.63, 3.8) is 0 Å². The Bertz CT molecular complexity index is 633. The summed E-state index contributed by atoms with van der Waals surface area (Å²) >= 11 is 0. The number of anilines is 1. The van der Waals surface area contributed by atoms with Crippen molar-refractivity contribution in [1.29, 1.82) is 0 Å². The first-order valence-electron chi connectivity index (χ1n) is 5.96. The Morgan fingerprint density at radius 2 is 2.21 bits per heavy atom. The summed E-state index contributed by atoms with van der Waals surface area (Å²) in [6, 6.07) is 11.8. The van der Waals surface area contributed by atoms with Gasteiger partial charge < -0.3 is 9.73 Å². The highest BCUT2D eigenvalue weighted by Gasteiger charge is 2.08. The topological polar surface area (TPSA) is 68.8 Å². The third kappa shape index (κ3) is 2.47. The molecule has 0 spiro atoms. The summed E-state index contributed by atoms with van der Waals surface area (Å²) in [6.45, 7) is 2.04. The van der Waals surface area contributed by atoms with Gasteiger partial charge >= 0.3 is 0 Å². The minimum atomic E-state index is 0.0964. The minimum absolute atomic E-state index is 0.0964. The van der Waals surface area contributed by atoms with Crippen molar-refractivity contribution in [2.24, 2.45) is 0 Å². The average molecular weight is 255 g/mol. The Hall–Kier alpha value is -2.63. The van der Waals surface area contributed by atoms with Gasteiger partial charge in [-0.05, 0) is 47.7 Å². The first kappa shape index (κ1) is 11.5. The lowest BCUT2D eigenvalue weighted by Crippen LogP contribution is -2.06. The molecule has 1 aromatic carbocycles. The molecule has 3 aromatic rings. The van der Waals surface area contributed by atoms with Crippen LogP contribution in [0.3, 0.4) is 0 Å². The van der Waals surface area contributed by atoms with Crippen LogP contribution in [0.5, 0.6) is 0 Å². The molecule has 1 atom stereocenters. The summed E-state index contributed by atoms with van der Waals surface area (Å²) in [7, 11) is 0. The van der Waals surface area contributed by atoms with Gasteiger partial charge in [0, 0.05) is 5.69 Å². The predicted octanol–water partition coefficient (Wildman–Crippen LogP) is 2.43. The van der Waals surface area contributed by atoms with E-state index in [-0.39, 0.29) is 6.04 Å². The van der Waals surface area contributed by atoms with E-state index in [2.05, 4.69) is 20.8 Å². The number of hydrogen-bond acceptors (Lipinski definition) is 5. The first-order chi connectivity index (χ1) is 9.33. The van der Waals surface area contributed by atoms with Gasteiger partial charge in [-0.3, -0.25) is 0 Å². The van der Waals surface area contributed by atoms with E-state index in [1.54, 1.807) is 17.3 Å². The fourth-order valence-corrected chi connectivity index (χ4v) is 1.88. The minimum Gasteiger partial charge on any atom is -0.467 e. The van der Waals surface area contributed by atoms with E-state index in [4.69, 9.17) is 4.42 Å². The summed E-state index contributed by atoms with van der Waals surface area (Å²) in [5, 5.41) is 14.5. The molecule has 3 rings (SSSR count). The molecule has 6 heteroatoms. The molecular formula is C13H13N5O. The van der Waals surface area contributed by atoms with Crippen LogP contribution < -0.4 is 5.32 Å². The highest BCUT2D eigenvalue weighted by Crippen LogP contribution is 2.21. The molecule has 0 aliphatic rings. The second kappa shape index (κ2) is 4.93. The van der Waals surface area contributed by atoms with Crippen molar-refractivity contribution in [3.8, 4) is 5.69 Å². The van der Waals surface area contributed by atoms with Crippen LogP contribution in [-0.4, -0.2) is 20.2 Å². The lowest BCUT2D eigenvalue weighted by molar-refractivity contribution is 0.490. The maximum Gasteiger partial charge on any atom is 0.143 e. The number of hydrogen-bond donors (Lipinski definition) is 1. The van der Waals surface area contributed by atoms with Crippen molar-refractivity contribution < 1.29 is 4.42 Å². The highest BCUT2D eigenvalue weighted by atomic mass is 16.3. The summed E-state index contributed by atoms with van der Waals surface area (Å²) in [5.74, 6) is 0.896. The molecule has 0 aliphatic heterocycles. The van der Waals surface area contributed by atoms with Crippen LogP contribution >= 0.6 is 0 Å². The molecule has 2 heterocycles. The van der Waals surface area contributed by atoms with Gasteiger partial charge in [-0.15, -0.1) is 5.10 Å². The van der Waals surface area contributed by atoms with Crippen molar-refractivity contribution in [3.05, 3.63) is 54.7 Å². The molecule has 0 amide bonds. The Labute approximate surface area is 110 Å². The molecule has 1 unspecified atom stereocenters. The molecule has 1 N–H and O–H groups in total. The Balaban J connectivity index is 1.80. The number of furan rings is 1. The number of nitrogens with zero attached hydrogens (tertiary/aromatic N) is 4. The number of nitrogens with one attached hydrogen (secondary N) is 1. The van der Waals surface area contributed by atoms with Gasteiger partial charge in [0.05, 0.1) is 18.0 Å². The van der Waals surface area contributed by atoms with E-state index in [0.717, 1.165) is 17.1 Å². The normalized spacial score (nSPS) is 12.3. The second-order valence-corrected chi connectivity index (χ2v) is 4.19. The maximum atomic E-state index is 5.37. The molecule has 6 nitrogen and oxygen atoms in total. The van der Waals surface area contributed by atoms with Crippen molar-refractivity contribution in [1.82, 2.24) is 20.2 Å². The molecule has 0 aliphatic carbocycles. The fraction of sp³-hybridized carbons (Fsp3) is 0.154. The van der Waals surface area contributed by atoms with Crippen LogP contribution in [0.25, 0.3) is 5.69 Å². The number of rotatable bonds is 4. The van der Waals surface area contributed by atoms with E-state index in [1.165, 1.54) is 0 Å². The van der Waals surface area contributed by atoms with Gasteiger partial charge in [0.25, 0.3) is 0 Å². The quantitative estimate of drug-likeness (QED) is 0.775. The average Bonchev–Trinajstić information content (AvgIpc) is 3.13. The SMILES string of the molecule is CC(Nc1cccc(-n2cnnn2)c1)c1ccco1. The largest absolute Gasteiger partial charge is 0.467 e. The number of aromatic nitrogens is 4. The Morgan fingerprint density at radius 3 is 2.95 bits per heavy atom. The predicted molar refractivity (Wildman–Crippen MR) is 69.9 cm³/mol. The van der Waals surface area contributed by atoms with Gasteiger partial charge in [-0.1, -0.05) is 6.07 Å². The zero-order valence-electron chi connectivity index (χ0n) is 10.4. The Kier molecular flexibility index (Phi) is 2.97. The Morgan fingerprint density at radius 1 is 1.26 bits per heavy atom. The third-order valence-electron chi connectivity index (χ3n) is 2.81. The maximum absolute atomic E-state index is 5.37. The van der Waals surface area contributed by atoms with Crippen LogP contribution in [0.4, 0.5) is 5.69 Å². The molecule has 96 valence electrons. The van der Waals surface area contributed by atoms with Gasteiger partial charge in [0.2, 0.25) is 0 Å². The van der Waals surface area contributed by atoms with E-state index >= 15 is 0 Å². The van der Waals surface area contributed by atoms with E-state index in [0.29, 0.717) is 0 Å². The summed E-state index contributed by atoms with van der Waals surface area (Å²) in [5.41, 5.74) is 1.89. The van der Waals surface area contributed by atoms with Gasteiger partial charge in [0.1, 0.15) is 12.1 Å². The molecule has 19 heavy (non-hydrogen) atoms. The molecular weight excluding hydrogens is 242 g/mol. The lowest BCUT2D eigenvalue weighted by atomic mass is 10.2. The van der Waals surface area contributed by atoms with Crippen molar-refractivity contribution in [2.75, 3.05) is 5.32 Å². The van der Waals surface area contributed by atoms with Crippen LogP contribution in [0.15, 0.2) is 53.4 Å². The van der Waals surface area contributed by atoms with E-state index < -0.39 is 0 Å². The summed E-state index contributed by atoms with van der Waals surface area (Å²) in [4.78, 5) is 0. The van der Waals surface area contributed by atoms with Gasteiger partial charge in [-0.2, -0.15) is 0 Å². The van der Waals surface area contributed by atoms with Crippen molar-refractivity contribution >= 4 is 5.69 Å². The van der Waals surface area contributed by atoms with E-state index in [1.807, 2.05) is 43.3 Å². The molecule has 0 bridgehead atoms. The van der Waals surface area contributed by atoms with Crippen LogP contribution in [0.2, 0.25) is 0 Å². The molecule has 0 fully saturated rings. The van der Waals surface area contributed by atoms with Gasteiger partial charge in [0.15, 0.2) is 0 Å². The van der Waals surface area contributed by atoms with Crippen LogP contribution in [-0.2, 0) is 0 Å². The number of tetrazole rings is 1. The third-order valence-corrected chi connectivity index (χ3v) is 2.81. The smallest absolute Gasteiger partial charge is 0.143 e. The zero-order valence-corrected chi connectivity index (χ0v) is 10.4. The van der Waals surface area contributed by atoms with Crippen LogP contribution in [0, 0.1) is 0 Å². The summed E-state index contributed by atoms with van der Waals surface area (Å²) < 4.78 is 6.98. The lowest BCUT2D eigenvalue weighted by Gasteiger charge is -2.13. The van der Waals surface area contributed by atoms with Crippen molar-refractivity contribution in [2.45, 2.75) is 13.0 Å². The standard InChI is InChI=1S/C13H13N5O/c1-10(13-6-3-7-19-13)15-11-4-2-5-12(8-11)18-9-14-16-17-18/h2-10,15H,1H3. The number of benzene rings is 1. The molecule has 0 saturated carbocycles. The monoisotopic (exact) mass is 255 g/mol. The van der Waals surface area contributed by atoms with Crippen LogP contribution in [0.1, 0.15) is 18.7 Å². The molecule has 0 radical (unpaired) electrons. The molecule has 0 saturated heterocycles. The van der Waals surface area contributed by atoms with E-state index in [9.17, 15) is 0 Å². The highest BCUT2D eigenvalue weighted by molar-refractivity contribution is 5.51. The fourth-order valence-electron chi connectivity index (χ4n) is 1.88. The molecule has 2 aromatic heterocycles.